The number of hydrogen-bond donors (Lipinski definition) is 2. The maximum Gasteiger partial charge on any atom is 0.271 e. The highest BCUT2D eigenvalue weighted by molar-refractivity contribution is 6.06. The number of non-ortho nitro benzene ring substituents is 1. The van der Waals surface area contributed by atoms with Crippen molar-refractivity contribution in [2.45, 2.75) is 0 Å². The smallest absolute Gasteiger partial charge is 0.271 e. The van der Waals surface area contributed by atoms with Gasteiger partial charge in [0.1, 0.15) is 11.5 Å². The summed E-state index contributed by atoms with van der Waals surface area (Å²) in [5, 5.41) is 22.9. The molecule has 0 saturated carbocycles. The Labute approximate surface area is 119 Å². The first-order valence-electron chi connectivity index (χ1n) is 5.94. The fourth-order valence-corrected chi connectivity index (χ4v) is 1.72. The van der Waals surface area contributed by atoms with Crippen LogP contribution in [0.5, 0.6) is 11.5 Å². The molecule has 0 saturated heterocycles. The molecule has 0 aliphatic heterocycles. The highest BCUT2D eigenvalue weighted by Gasteiger charge is 2.14. The number of nitrogens with zero attached hydrogens (tertiary/aromatic N) is 1. The molecule has 0 atom stereocenters. The van der Waals surface area contributed by atoms with Crippen LogP contribution in [0.3, 0.4) is 0 Å². The van der Waals surface area contributed by atoms with E-state index in [4.69, 9.17) is 4.74 Å². The molecular formula is C14H12N2O5. The van der Waals surface area contributed by atoms with Crippen molar-refractivity contribution in [3.63, 3.8) is 0 Å². The Morgan fingerprint density at radius 2 is 2.05 bits per heavy atom. The first-order chi connectivity index (χ1) is 10.0. The zero-order chi connectivity index (χ0) is 15.4. The molecule has 1 amide bonds. The lowest BCUT2D eigenvalue weighted by Gasteiger charge is -2.08. The second-order valence-corrected chi connectivity index (χ2v) is 4.14. The second kappa shape index (κ2) is 5.91. The van der Waals surface area contributed by atoms with Gasteiger partial charge in [0.25, 0.3) is 11.6 Å². The number of nitro groups is 1. The molecule has 0 spiro atoms. The minimum atomic E-state index is -0.591. The van der Waals surface area contributed by atoms with Crippen LogP contribution in [0.4, 0.5) is 11.4 Å². The summed E-state index contributed by atoms with van der Waals surface area (Å²) in [5.74, 6) is -0.386. The van der Waals surface area contributed by atoms with Crippen LogP contribution in [0.25, 0.3) is 0 Å². The number of rotatable bonds is 4. The molecule has 0 aliphatic rings. The monoisotopic (exact) mass is 288 g/mol. The highest BCUT2D eigenvalue weighted by atomic mass is 16.6. The van der Waals surface area contributed by atoms with Gasteiger partial charge in [-0.2, -0.15) is 0 Å². The lowest BCUT2D eigenvalue weighted by Crippen LogP contribution is -2.12. The van der Waals surface area contributed by atoms with Crippen molar-refractivity contribution in [3.8, 4) is 11.5 Å². The number of nitrogens with one attached hydrogen (secondary N) is 1. The lowest BCUT2D eigenvalue weighted by molar-refractivity contribution is -0.384. The molecule has 2 N–H and O–H groups in total. The third kappa shape index (κ3) is 3.27. The highest BCUT2D eigenvalue weighted by Crippen LogP contribution is 2.24. The zero-order valence-electron chi connectivity index (χ0n) is 11.1. The molecule has 0 fully saturated rings. The van der Waals surface area contributed by atoms with Gasteiger partial charge in [-0.15, -0.1) is 0 Å². The average Bonchev–Trinajstić information content (AvgIpc) is 2.48. The largest absolute Gasteiger partial charge is 0.507 e. The fraction of sp³-hybridized carbons (Fsp3) is 0.0714. The topological polar surface area (TPSA) is 102 Å². The predicted molar refractivity (Wildman–Crippen MR) is 75.7 cm³/mol. The minimum Gasteiger partial charge on any atom is -0.507 e. The molecule has 0 radical (unpaired) electrons. The zero-order valence-corrected chi connectivity index (χ0v) is 11.1. The van der Waals surface area contributed by atoms with Crippen LogP contribution in [0.15, 0.2) is 42.5 Å². The fourth-order valence-electron chi connectivity index (χ4n) is 1.72. The quantitative estimate of drug-likeness (QED) is 0.665. The van der Waals surface area contributed by atoms with Gasteiger partial charge in [-0.05, 0) is 24.3 Å². The summed E-state index contributed by atoms with van der Waals surface area (Å²) >= 11 is 0. The third-order valence-corrected chi connectivity index (χ3v) is 2.76. The van der Waals surface area contributed by atoms with Crippen molar-refractivity contribution < 1.29 is 19.6 Å². The molecule has 0 heterocycles. The molecule has 0 aromatic heterocycles. The summed E-state index contributed by atoms with van der Waals surface area (Å²) in [6.45, 7) is 0. The first kappa shape index (κ1) is 14.3. The van der Waals surface area contributed by atoms with E-state index in [0.717, 1.165) is 0 Å². The molecular weight excluding hydrogens is 276 g/mol. The molecule has 0 unspecified atom stereocenters. The van der Waals surface area contributed by atoms with Gasteiger partial charge in [0, 0.05) is 17.8 Å². The third-order valence-electron chi connectivity index (χ3n) is 2.76. The van der Waals surface area contributed by atoms with Crippen LogP contribution in [0, 0.1) is 10.1 Å². The van der Waals surface area contributed by atoms with Crippen LogP contribution in [-0.2, 0) is 0 Å². The number of amides is 1. The van der Waals surface area contributed by atoms with Crippen molar-refractivity contribution in [2.24, 2.45) is 0 Å². The van der Waals surface area contributed by atoms with Crippen LogP contribution in [-0.4, -0.2) is 23.0 Å². The first-order valence-corrected chi connectivity index (χ1v) is 5.94. The number of phenolic OH excluding ortho intramolecular Hbond substituents is 1. The SMILES string of the molecule is COc1ccc(O)c(C(=O)Nc2cccc([N+](=O)[O-])c2)c1. The van der Waals surface area contributed by atoms with Crippen LogP contribution in [0.1, 0.15) is 10.4 Å². The average molecular weight is 288 g/mol. The van der Waals surface area contributed by atoms with Crippen molar-refractivity contribution >= 4 is 17.3 Å². The van der Waals surface area contributed by atoms with Crippen molar-refractivity contribution in [3.05, 3.63) is 58.1 Å². The van der Waals surface area contributed by atoms with Crippen LogP contribution >= 0.6 is 0 Å². The number of hydrogen-bond acceptors (Lipinski definition) is 5. The van der Waals surface area contributed by atoms with Crippen LogP contribution < -0.4 is 10.1 Å². The van der Waals surface area contributed by atoms with Gasteiger partial charge in [-0.25, -0.2) is 0 Å². The predicted octanol–water partition coefficient (Wildman–Crippen LogP) is 2.56. The Balaban J connectivity index is 2.25. The number of nitro benzene ring substituents is 1. The van der Waals surface area contributed by atoms with Gasteiger partial charge < -0.3 is 15.2 Å². The van der Waals surface area contributed by atoms with E-state index in [0.29, 0.717) is 5.75 Å². The molecule has 108 valence electrons. The van der Waals surface area contributed by atoms with E-state index in [1.165, 1.54) is 49.6 Å². The van der Waals surface area contributed by atoms with E-state index in [2.05, 4.69) is 5.32 Å². The Morgan fingerprint density at radius 1 is 1.29 bits per heavy atom. The number of carbonyl (C=O) groups excluding carboxylic acids is 1. The van der Waals surface area contributed by atoms with Crippen molar-refractivity contribution in [2.75, 3.05) is 12.4 Å². The van der Waals surface area contributed by atoms with E-state index in [9.17, 15) is 20.0 Å². The summed E-state index contributed by atoms with van der Waals surface area (Å²) in [7, 11) is 1.44. The van der Waals surface area contributed by atoms with E-state index in [-0.39, 0.29) is 22.7 Å². The minimum absolute atomic E-state index is 0.0147. The van der Waals surface area contributed by atoms with E-state index in [1.54, 1.807) is 0 Å². The number of anilines is 1. The number of methoxy groups -OCH3 is 1. The molecule has 7 heteroatoms. The molecule has 21 heavy (non-hydrogen) atoms. The van der Waals surface area contributed by atoms with E-state index >= 15 is 0 Å². The van der Waals surface area contributed by atoms with Crippen LogP contribution in [0.2, 0.25) is 0 Å². The number of benzene rings is 2. The second-order valence-electron chi connectivity index (χ2n) is 4.14. The number of ether oxygens (including phenoxy) is 1. The molecule has 2 rings (SSSR count). The standard InChI is InChI=1S/C14H12N2O5/c1-21-11-5-6-13(17)12(8-11)14(18)15-9-3-2-4-10(7-9)16(19)20/h2-8,17H,1H3,(H,15,18). The Bertz CT molecular complexity index is 700. The van der Waals surface area contributed by atoms with Gasteiger partial charge in [-0.1, -0.05) is 6.07 Å². The molecule has 0 aliphatic carbocycles. The van der Waals surface area contributed by atoms with Gasteiger partial charge >= 0.3 is 0 Å². The summed E-state index contributed by atoms with van der Waals surface area (Å²) in [5.41, 5.74) is 0.139. The summed E-state index contributed by atoms with van der Waals surface area (Å²) in [6.07, 6.45) is 0. The van der Waals surface area contributed by atoms with Crippen molar-refractivity contribution in [1.29, 1.82) is 0 Å². The maximum atomic E-state index is 12.1. The van der Waals surface area contributed by atoms with E-state index < -0.39 is 10.8 Å². The molecule has 2 aromatic rings. The van der Waals surface area contributed by atoms with Crippen molar-refractivity contribution in [1.82, 2.24) is 0 Å². The molecule has 0 bridgehead atoms. The Kier molecular flexibility index (Phi) is 4.03. The van der Waals surface area contributed by atoms with Gasteiger partial charge in [-0.3, -0.25) is 14.9 Å². The Morgan fingerprint density at radius 3 is 2.71 bits per heavy atom. The lowest BCUT2D eigenvalue weighted by atomic mass is 10.1. The van der Waals surface area contributed by atoms with Gasteiger partial charge in [0.15, 0.2) is 0 Å². The van der Waals surface area contributed by atoms with Gasteiger partial charge in [0.05, 0.1) is 17.6 Å². The summed E-state index contributed by atoms with van der Waals surface area (Å²) in [6, 6.07) is 9.75. The summed E-state index contributed by atoms with van der Waals surface area (Å²) < 4.78 is 4.98. The summed E-state index contributed by atoms with van der Waals surface area (Å²) in [4.78, 5) is 22.2. The van der Waals surface area contributed by atoms with Gasteiger partial charge in [0.2, 0.25) is 0 Å². The molecule has 7 nitrogen and oxygen atoms in total. The Hall–Kier alpha value is -3.09. The number of phenols is 1. The maximum absolute atomic E-state index is 12.1. The normalized spacial score (nSPS) is 9.95. The number of aromatic hydroxyl groups is 1. The van der Waals surface area contributed by atoms with E-state index in [1.807, 2.05) is 0 Å². The molecule has 2 aromatic carbocycles. The number of carbonyl (C=O) groups is 1.